The lowest BCUT2D eigenvalue weighted by molar-refractivity contribution is -0.133. The summed E-state index contributed by atoms with van der Waals surface area (Å²) in [6, 6.07) is 10.8. The highest BCUT2D eigenvalue weighted by molar-refractivity contribution is 5.94. The highest BCUT2D eigenvalue weighted by Crippen LogP contribution is 2.20. The highest BCUT2D eigenvalue weighted by Gasteiger charge is 2.23. The van der Waals surface area contributed by atoms with E-state index in [0.717, 1.165) is 30.1 Å². The van der Waals surface area contributed by atoms with Crippen LogP contribution in [0.5, 0.6) is 5.75 Å². The zero-order chi connectivity index (χ0) is 20.6. The Hall–Kier alpha value is -2.80. The maximum absolute atomic E-state index is 12.3. The van der Waals surface area contributed by atoms with E-state index in [0.29, 0.717) is 38.2 Å². The number of aryl methyl sites for hydroxylation is 1. The summed E-state index contributed by atoms with van der Waals surface area (Å²) in [6.07, 6.45) is 2.08. The van der Waals surface area contributed by atoms with Gasteiger partial charge in [0.25, 0.3) is 5.91 Å². The Morgan fingerprint density at radius 1 is 1.14 bits per heavy atom. The van der Waals surface area contributed by atoms with Crippen LogP contribution in [0, 0.1) is 6.92 Å². The van der Waals surface area contributed by atoms with Gasteiger partial charge >= 0.3 is 0 Å². The minimum atomic E-state index is -0.159. The number of carbonyl (C=O) groups excluding carboxylic acids is 2. The molecule has 0 bridgehead atoms. The molecule has 2 amide bonds. The first-order valence-electron chi connectivity index (χ1n) is 9.92. The van der Waals surface area contributed by atoms with Gasteiger partial charge in [0, 0.05) is 38.6 Å². The Morgan fingerprint density at radius 3 is 2.48 bits per heavy atom. The Bertz CT molecular complexity index is 807. The summed E-state index contributed by atoms with van der Waals surface area (Å²) in [6.45, 7) is 4.07. The molecule has 29 heavy (non-hydrogen) atoms. The second kappa shape index (κ2) is 10.1. The number of benzene rings is 1. The Kier molecular flexibility index (Phi) is 7.30. The van der Waals surface area contributed by atoms with E-state index in [2.05, 4.69) is 5.32 Å². The molecule has 7 heteroatoms. The Balaban J connectivity index is 1.43. The first-order chi connectivity index (χ1) is 14.0. The summed E-state index contributed by atoms with van der Waals surface area (Å²) in [7, 11) is 1.60. The van der Waals surface area contributed by atoms with Gasteiger partial charge in [-0.05, 0) is 43.3 Å². The fourth-order valence-corrected chi connectivity index (χ4v) is 3.30. The third-order valence-electron chi connectivity index (χ3n) is 4.95. The van der Waals surface area contributed by atoms with Crippen LogP contribution in [0.25, 0.3) is 0 Å². The smallest absolute Gasteiger partial charge is 0.251 e. The molecule has 1 aliphatic rings. The zero-order valence-electron chi connectivity index (χ0n) is 17.0. The normalized spacial score (nSPS) is 14.6. The summed E-state index contributed by atoms with van der Waals surface area (Å²) in [4.78, 5) is 26.2. The molecule has 0 atom stereocenters. The zero-order valence-corrected chi connectivity index (χ0v) is 17.0. The van der Waals surface area contributed by atoms with Crippen molar-refractivity contribution in [3.63, 3.8) is 0 Å². The molecule has 7 nitrogen and oxygen atoms in total. The number of ether oxygens (including phenoxy) is 2. The standard InChI is InChI=1S/C22H28N2O5/c1-16-3-6-20(28-16)15-23-22(26)17-4-7-18(8-5-17)29-19-9-12-24(13-10-19)21(25)11-14-27-2/h3-8,19H,9-15H2,1-2H3,(H,23,26). The SMILES string of the molecule is COCCC(=O)N1CCC(Oc2ccc(C(=O)NCc3ccc(C)o3)cc2)CC1. The van der Waals surface area contributed by atoms with Crippen LogP contribution in [0.2, 0.25) is 0 Å². The predicted octanol–water partition coefficient (Wildman–Crippen LogP) is 2.92. The summed E-state index contributed by atoms with van der Waals surface area (Å²) in [5.74, 6) is 2.25. The van der Waals surface area contributed by atoms with E-state index in [9.17, 15) is 9.59 Å². The predicted molar refractivity (Wildman–Crippen MR) is 108 cm³/mol. The first-order valence-corrected chi connectivity index (χ1v) is 9.92. The van der Waals surface area contributed by atoms with Crippen molar-refractivity contribution in [2.75, 3.05) is 26.8 Å². The number of furan rings is 1. The third-order valence-corrected chi connectivity index (χ3v) is 4.95. The minimum Gasteiger partial charge on any atom is -0.490 e. The van der Waals surface area contributed by atoms with Crippen molar-refractivity contribution in [2.24, 2.45) is 0 Å². The number of hydrogen-bond donors (Lipinski definition) is 1. The summed E-state index contributed by atoms with van der Waals surface area (Å²) < 4.78 is 16.4. The van der Waals surface area contributed by atoms with Crippen LogP contribution >= 0.6 is 0 Å². The van der Waals surface area contributed by atoms with Gasteiger partial charge in [0.15, 0.2) is 0 Å². The van der Waals surface area contributed by atoms with Crippen molar-refractivity contribution in [2.45, 2.75) is 38.8 Å². The number of amides is 2. The number of methoxy groups -OCH3 is 1. The lowest BCUT2D eigenvalue weighted by atomic mass is 10.1. The van der Waals surface area contributed by atoms with E-state index in [-0.39, 0.29) is 17.9 Å². The Morgan fingerprint density at radius 2 is 1.86 bits per heavy atom. The van der Waals surface area contributed by atoms with Crippen molar-refractivity contribution in [3.8, 4) is 5.75 Å². The van der Waals surface area contributed by atoms with Crippen LogP contribution < -0.4 is 10.1 Å². The van der Waals surface area contributed by atoms with E-state index < -0.39 is 0 Å². The third kappa shape index (κ3) is 6.09. The number of carbonyl (C=O) groups is 2. The largest absolute Gasteiger partial charge is 0.490 e. The van der Waals surface area contributed by atoms with E-state index >= 15 is 0 Å². The lowest BCUT2D eigenvalue weighted by Crippen LogP contribution is -2.42. The van der Waals surface area contributed by atoms with Crippen LogP contribution in [-0.4, -0.2) is 49.6 Å². The maximum Gasteiger partial charge on any atom is 0.251 e. The fourth-order valence-electron chi connectivity index (χ4n) is 3.30. The molecule has 0 radical (unpaired) electrons. The molecule has 1 N–H and O–H groups in total. The van der Waals surface area contributed by atoms with Crippen LogP contribution in [-0.2, 0) is 16.1 Å². The van der Waals surface area contributed by atoms with Gasteiger partial charge in [-0.15, -0.1) is 0 Å². The van der Waals surface area contributed by atoms with Crippen molar-refractivity contribution < 1.29 is 23.5 Å². The van der Waals surface area contributed by atoms with Gasteiger partial charge in [-0.1, -0.05) is 0 Å². The second-order valence-corrected chi connectivity index (χ2v) is 7.16. The Labute approximate surface area is 171 Å². The molecular weight excluding hydrogens is 372 g/mol. The van der Waals surface area contributed by atoms with E-state index in [1.807, 2.05) is 36.1 Å². The molecule has 1 aromatic carbocycles. The molecule has 0 spiro atoms. The van der Waals surface area contributed by atoms with Crippen LogP contribution in [0.15, 0.2) is 40.8 Å². The molecule has 156 valence electrons. The summed E-state index contributed by atoms with van der Waals surface area (Å²) in [5.41, 5.74) is 0.569. The summed E-state index contributed by atoms with van der Waals surface area (Å²) >= 11 is 0. The van der Waals surface area contributed by atoms with E-state index in [1.54, 1.807) is 19.2 Å². The van der Waals surface area contributed by atoms with Gasteiger partial charge in [-0.25, -0.2) is 0 Å². The second-order valence-electron chi connectivity index (χ2n) is 7.16. The van der Waals surface area contributed by atoms with Gasteiger partial charge in [0.2, 0.25) is 5.91 Å². The van der Waals surface area contributed by atoms with Gasteiger partial charge in [0.05, 0.1) is 19.6 Å². The lowest BCUT2D eigenvalue weighted by Gasteiger charge is -2.32. The number of hydrogen-bond acceptors (Lipinski definition) is 5. The van der Waals surface area contributed by atoms with Crippen molar-refractivity contribution in [1.82, 2.24) is 10.2 Å². The van der Waals surface area contributed by atoms with Crippen LogP contribution in [0.3, 0.4) is 0 Å². The quantitative estimate of drug-likeness (QED) is 0.737. The van der Waals surface area contributed by atoms with E-state index in [4.69, 9.17) is 13.9 Å². The molecule has 1 aliphatic heterocycles. The van der Waals surface area contributed by atoms with Crippen LogP contribution in [0.1, 0.15) is 41.1 Å². The first kappa shape index (κ1) is 20.9. The van der Waals surface area contributed by atoms with E-state index in [1.165, 1.54) is 0 Å². The van der Waals surface area contributed by atoms with Crippen molar-refractivity contribution >= 4 is 11.8 Å². The molecule has 0 unspecified atom stereocenters. The average molecular weight is 400 g/mol. The molecule has 2 aromatic rings. The van der Waals surface area contributed by atoms with Gasteiger partial charge < -0.3 is 24.1 Å². The molecule has 0 saturated carbocycles. The van der Waals surface area contributed by atoms with Gasteiger partial charge in [-0.3, -0.25) is 9.59 Å². The number of likely N-dealkylation sites (tertiary alicyclic amines) is 1. The van der Waals surface area contributed by atoms with Gasteiger partial charge in [-0.2, -0.15) is 0 Å². The number of rotatable bonds is 8. The average Bonchev–Trinajstić information content (AvgIpc) is 3.16. The van der Waals surface area contributed by atoms with Crippen LogP contribution in [0.4, 0.5) is 0 Å². The maximum atomic E-state index is 12.3. The summed E-state index contributed by atoms with van der Waals surface area (Å²) in [5, 5.41) is 2.84. The fraction of sp³-hybridized carbons (Fsp3) is 0.455. The number of piperidine rings is 1. The molecule has 1 saturated heterocycles. The molecule has 2 heterocycles. The number of nitrogens with zero attached hydrogens (tertiary/aromatic N) is 1. The van der Waals surface area contributed by atoms with Crippen molar-refractivity contribution in [1.29, 1.82) is 0 Å². The molecular formula is C22H28N2O5. The highest BCUT2D eigenvalue weighted by atomic mass is 16.5. The van der Waals surface area contributed by atoms with Crippen molar-refractivity contribution in [3.05, 3.63) is 53.5 Å². The molecule has 1 fully saturated rings. The molecule has 1 aromatic heterocycles. The van der Waals surface area contributed by atoms with Gasteiger partial charge in [0.1, 0.15) is 23.4 Å². The monoisotopic (exact) mass is 400 g/mol. The number of nitrogens with one attached hydrogen (secondary N) is 1. The molecule has 3 rings (SSSR count). The topological polar surface area (TPSA) is 81.0 Å². The molecule has 0 aliphatic carbocycles. The minimum absolute atomic E-state index is 0.0725.